The van der Waals surface area contributed by atoms with Crippen LogP contribution in [-0.2, 0) is 7.05 Å². The SMILES string of the molecule is Cc1cccc(-c2nc3sc(N4CCCCC4)nn3c2NC(=O)c2ccnn2C)c1. The maximum Gasteiger partial charge on any atom is 0.275 e. The van der Waals surface area contributed by atoms with Crippen molar-refractivity contribution in [1.29, 1.82) is 0 Å². The third-order valence-corrected chi connectivity index (χ3v) is 6.37. The number of amides is 1. The van der Waals surface area contributed by atoms with Crippen molar-refractivity contribution >= 4 is 33.2 Å². The summed E-state index contributed by atoms with van der Waals surface area (Å²) in [6.07, 6.45) is 5.24. The number of carbonyl (C=O) groups is 1. The minimum atomic E-state index is -0.238. The maximum absolute atomic E-state index is 12.9. The van der Waals surface area contributed by atoms with Crippen LogP contribution in [0.2, 0.25) is 0 Å². The number of anilines is 2. The van der Waals surface area contributed by atoms with Crippen LogP contribution in [0.25, 0.3) is 16.2 Å². The van der Waals surface area contributed by atoms with E-state index in [9.17, 15) is 4.79 Å². The molecule has 1 amide bonds. The zero-order valence-corrected chi connectivity index (χ0v) is 17.8. The molecule has 1 N–H and O–H groups in total. The van der Waals surface area contributed by atoms with Crippen molar-refractivity contribution in [2.75, 3.05) is 23.3 Å². The molecule has 8 nitrogen and oxygen atoms in total. The Morgan fingerprint density at radius 1 is 1.17 bits per heavy atom. The van der Waals surface area contributed by atoms with Crippen LogP contribution in [-0.4, -0.2) is 43.4 Å². The summed E-state index contributed by atoms with van der Waals surface area (Å²) in [6.45, 7) is 4.07. The van der Waals surface area contributed by atoms with Crippen molar-refractivity contribution in [1.82, 2.24) is 24.4 Å². The van der Waals surface area contributed by atoms with E-state index in [2.05, 4.69) is 21.4 Å². The van der Waals surface area contributed by atoms with Crippen molar-refractivity contribution in [2.45, 2.75) is 26.2 Å². The summed E-state index contributed by atoms with van der Waals surface area (Å²) in [5, 5.41) is 12.9. The van der Waals surface area contributed by atoms with E-state index in [1.54, 1.807) is 39.8 Å². The molecule has 0 unspecified atom stereocenters. The van der Waals surface area contributed by atoms with Gasteiger partial charge >= 0.3 is 0 Å². The molecule has 1 aromatic carbocycles. The fourth-order valence-electron chi connectivity index (χ4n) is 3.83. The number of nitrogens with zero attached hydrogens (tertiary/aromatic N) is 6. The van der Waals surface area contributed by atoms with Gasteiger partial charge in [0.15, 0.2) is 5.82 Å². The molecule has 0 radical (unpaired) electrons. The first kappa shape index (κ1) is 18.8. The minimum Gasteiger partial charge on any atom is -0.347 e. The molecule has 0 atom stereocenters. The van der Waals surface area contributed by atoms with Gasteiger partial charge in [-0.1, -0.05) is 35.1 Å². The molecule has 4 aromatic rings. The van der Waals surface area contributed by atoms with E-state index in [0.717, 1.165) is 40.0 Å². The van der Waals surface area contributed by atoms with Gasteiger partial charge in [-0.15, -0.1) is 5.10 Å². The van der Waals surface area contributed by atoms with Gasteiger partial charge in [0.25, 0.3) is 5.91 Å². The van der Waals surface area contributed by atoms with Crippen LogP contribution in [0.3, 0.4) is 0 Å². The van der Waals surface area contributed by atoms with Crippen molar-refractivity contribution in [2.24, 2.45) is 7.05 Å². The smallest absolute Gasteiger partial charge is 0.275 e. The van der Waals surface area contributed by atoms with Crippen LogP contribution in [0.1, 0.15) is 35.3 Å². The predicted molar refractivity (Wildman–Crippen MR) is 118 cm³/mol. The normalized spacial score (nSPS) is 14.4. The third-order valence-electron chi connectivity index (χ3n) is 5.40. The molecule has 0 saturated carbocycles. The summed E-state index contributed by atoms with van der Waals surface area (Å²) in [4.78, 5) is 20.9. The van der Waals surface area contributed by atoms with E-state index in [4.69, 9.17) is 10.1 Å². The molecule has 9 heteroatoms. The molecule has 1 aliphatic rings. The number of hydrogen-bond acceptors (Lipinski definition) is 6. The number of fused-ring (bicyclic) bond motifs is 1. The Kier molecular flexibility index (Phi) is 4.74. The number of nitrogens with one attached hydrogen (secondary N) is 1. The first-order chi connectivity index (χ1) is 14.6. The maximum atomic E-state index is 12.9. The number of hydrogen-bond donors (Lipinski definition) is 1. The van der Waals surface area contributed by atoms with E-state index in [-0.39, 0.29) is 5.91 Å². The molecule has 5 rings (SSSR count). The van der Waals surface area contributed by atoms with Gasteiger partial charge in [-0.05, 0) is 38.3 Å². The Balaban J connectivity index is 1.59. The van der Waals surface area contributed by atoms with Crippen molar-refractivity contribution < 1.29 is 4.79 Å². The van der Waals surface area contributed by atoms with E-state index < -0.39 is 0 Å². The zero-order chi connectivity index (χ0) is 20.7. The minimum absolute atomic E-state index is 0.238. The number of aromatic nitrogens is 5. The molecular weight excluding hydrogens is 398 g/mol. The van der Waals surface area contributed by atoms with Gasteiger partial charge in [0.05, 0.1) is 0 Å². The molecular formula is C21H23N7OS. The quantitative estimate of drug-likeness (QED) is 0.543. The highest BCUT2D eigenvalue weighted by Crippen LogP contribution is 2.34. The zero-order valence-electron chi connectivity index (χ0n) is 17.0. The van der Waals surface area contributed by atoms with Gasteiger partial charge in [0.1, 0.15) is 11.4 Å². The van der Waals surface area contributed by atoms with E-state index in [0.29, 0.717) is 11.5 Å². The average molecular weight is 422 g/mol. The summed E-state index contributed by atoms with van der Waals surface area (Å²) in [7, 11) is 1.75. The first-order valence-electron chi connectivity index (χ1n) is 10.1. The summed E-state index contributed by atoms with van der Waals surface area (Å²) in [5.41, 5.74) is 3.28. The molecule has 154 valence electrons. The molecule has 0 spiro atoms. The molecule has 0 bridgehead atoms. The number of aryl methyl sites for hydroxylation is 2. The van der Waals surface area contributed by atoms with Crippen LogP contribution in [0.5, 0.6) is 0 Å². The molecule has 4 heterocycles. The molecule has 1 aliphatic heterocycles. The predicted octanol–water partition coefficient (Wildman–Crippen LogP) is 3.74. The molecule has 30 heavy (non-hydrogen) atoms. The molecule has 3 aromatic heterocycles. The highest BCUT2D eigenvalue weighted by Gasteiger charge is 2.23. The lowest BCUT2D eigenvalue weighted by molar-refractivity contribution is 0.101. The number of piperidine rings is 1. The van der Waals surface area contributed by atoms with Crippen molar-refractivity contribution in [3.8, 4) is 11.3 Å². The third kappa shape index (κ3) is 3.35. The first-order valence-corrected chi connectivity index (χ1v) is 10.9. The van der Waals surface area contributed by atoms with Crippen LogP contribution in [0.4, 0.5) is 10.9 Å². The Hall–Kier alpha value is -3.20. The van der Waals surface area contributed by atoms with Gasteiger partial charge in [0, 0.05) is 31.9 Å². The van der Waals surface area contributed by atoms with Gasteiger partial charge < -0.3 is 10.2 Å². The molecule has 0 aliphatic carbocycles. The number of rotatable bonds is 4. The van der Waals surface area contributed by atoms with E-state index in [1.807, 2.05) is 25.1 Å². The average Bonchev–Trinajstić information content (AvgIpc) is 3.44. The molecule has 1 saturated heterocycles. The van der Waals surface area contributed by atoms with E-state index in [1.165, 1.54) is 19.3 Å². The highest BCUT2D eigenvalue weighted by atomic mass is 32.1. The fourth-order valence-corrected chi connectivity index (χ4v) is 4.78. The second-order valence-corrected chi connectivity index (χ2v) is 8.53. The van der Waals surface area contributed by atoms with Crippen molar-refractivity contribution in [3.05, 3.63) is 47.8 Å². The van der Waals surface area contributed by atoms with Crippen LogP contribution in [0.15, 0.2) is 36.5 Å². The Morgan fingerprint density at radius 3 is 2.73 bits per heavy atom. The van der Waals surface area contributed by atoms with Crippen LogP contribution >= 0.6 is 11.3 Å². The fraction of sp³-hybridized carbons (Fsp3) is 0.333. The van der Waals surface area contributed by atoms with Gasteiger partial charge in [0.2, 0.25) is 10.1 Å². The largest absolute Gasteiger partial charge is 0.347 e. The number of imidazole rings is 1. The van der Waals surface area contributed by atoms with Crippen molar-refractivity contribution in [3.63, 3.8) is 0 Å². The lowest BCUT2D eigenvalue weighted by atomic mass is 10.1. The summed E-state index contributed by atoms with van der Waals surface area (Å²) >= 11 is 1.56. The topological polar surface area (TPSA) is 80.4 Å². The van der Waals surface area contributed by atoms with Gasteiger partial charge in [-0.3, -0.25) is 9.48 Å². The number of carbonyl (C=O) groups excluding carboxylic acids is 1. The summed E-state index contributed by atoms with van der Waals surface area (Å²) in [6, 6.07) is 9.81. The standard InChI is InChI=1S/C21H23N7OS/c1-14-7-6-8-15(13-14)17-18(24-19(29)16-9-10-22-26(16)2)28-20(23-17)30-21(25-28)27-11-4-3-5-12-27/h6-10,13H,3-5,11-12H2,1-2H3,(H,24,29). The van der Waals surface area contributed by atoms with E-state index >= 15 is 0 Å². The lowest BCUT2D eigenvalue weighted by Crippen LogP contribution is -2.29. The Morgan fingerprint density at radius 2 is 2.00 bits per heavy atom. The van der Waals surface area contributed by atoms with Gasteiger partial charge in [-0.2, -0.15) is 9.61 Å². The van der Waals surface area contributed by atoms with Crippen LogP contribution < -0.4 is 10.2 Å². The number of benzene rings is 1. The summed E-state index contributed by atoms with van der Waals surface area (Å²) < 4.78 is 3.32. The molecule has 1 fully saturated rings. The Bertz CT molecular complexity index is 1220. The second-order valence-electron chi connectivity index (χ2n) is 7.60. The second kappa shape index (κ2) is 7.56. The lowest BCUT2D eigenvalue weighted by Gasteiger charge is -2.25. The monoisotopic (exact) mass is 421 g/mol. The Labute approximate surface area is 178 Å². The van der Waals surface area contributed by atoms with Gasteiger partial charge in [-0.25, -0.2) is 4.98 Å². The summed E-state index contributed by atoms with van der Waals surface area (Å²) in [5.74, 6) is 0.347. The van der Waals surface area contributed by atoms with Crippen LogP contribution in [0, 0.1) is 6.92 Å². The highest BCUT2D eigenvalue weighted by molar-refractivity contribution is 7.20.